The lowest BCUT2D eigenvalue weighted by Crippen LogP contribution is -1.93. The first kappa shape index (κ1) is 7.92. The lowest BCUT2D eigenvalue weighted by atomic mass is 10.1. The van der Waals surface area contributed by atoms with Crippen molar-refractivity contribution in [2.75, 3.05) is 0 Å². The predicted octanol–water partition coefficient (Wildman–Crippen LogP) is 1.76. The molecular formula is C9H11NO. The van der Waals surface area contributed by atoms with Crippen molar-refractivity contribution < 1.29 is 4.79 Å². The first-order chi connectivity index (χ1) is 5.27. The monoisotopic (exact) mass is 149 g/mol. The molecule has 2 heteroatoms. The van der Waals surface area contributed by atoms with E-state index in [1.165, 1.54) is 0 Å². The molecule has 0 aliphatic rings. The lowest BCUT2D eigenvalue weighted by Gasteiger charge is -2.00. The Morgan fingerprint density at radius 3 is 2.91 bits per heavy atom. The topological polar surface area (TPSA) is 30.0 Å². The quantitative estimate of drug-likeness (QED) is 0.600. The highest BCUT2D eigenvalue weighted by atomic mass is 16.1. The molecule has 0 fully saturated rings. The van der Waals surface area contributed by atoms with Crippen molar-refractivity contribution >= 4 is 6.29 Å². The highest BCUT2D eigenvalue weighted by Gasteiger charge is 1.97. The van der Waals surface area contributed by atoms with E-state index < -0.39 is 0 Å². The van der Waals surface area contributed by atoms with E-state index in [0.717, 1.165) is 24.0 Å². The number of aromatic nitrogens is 1. The number of aryl methyl sites for hydroxylation is 2. The van der Waals surface area contributed by atoms with Gasteiger partial charge in [0.05, 0.1) is 0 Å². The Morgan fingerprint density at radius 2 is 2.36 bits per heavy atom. The largest absolute Gasteiger partial charge is 0.298 e. The number of carbonyl (C=O) groups is 1. The van der Waals surface area contributed by atoms with E-state index in [2.05, 4.69) is 11.9 Å². The fraction of sp³-hybridized carbons (Fsp3) is 0.333. The zero-order valence-corrected chi connectivity index (χ0v) is 6.79. The number of pyridine rings is 1. The van der Waals surface area contributed by atoms with Crippen molar-refractivity contribution in [3.05, 3.63) is 29.1 Å². The summed E-state index contributed by atoms with van der Waals surface area (Å²) < 4.78 is 0. The molecule has 1 aromatic rings. The molecule has 0 N–H and O–H groups in total. The van der Waals surface area contributed by atoms with Crippen LogP contribution in [0.2, 0.25) is 0 Å². The Morgan fingerprint density at radius 1 is 1.64 bits per heavy atom. The second-order valence-electron chi connectivity index (χ2n) is 2.48. The molecule has 1 heterocycles. The van der Waals surface area contributed by atoms with Crippen molar-refractivity contribution in [1.29, 1.82) is 0 Å². The number of rotatable bonds is 2. The molecule has 1 aromatic heterocycles. The predicted molar refractivity (Wildman–Crippen MR) is 43.7 cm³/mol. The third kappa shape index (κ3) is 1.64. The first-order valence-electron chi connectivity index (χ1n) is 3.68. The van der Waals surface area contributed by atoms with Gasteiger partial charge in [-0.1, -0.05) is 6.92 Å². The fourth-order valence-electron chi connectivity index (χ4n) is 1.02. The Hall–Kier alpha value is -1.18. The van der Waals surface area contributed by atoms with Crippen molar-refractivity contribution in [2.24, 2.45) is 0 Å². The summed E-state index contributed by atoms with van der Waals surface area (Å²) in [5.74, 6) is 0. The van der Waals surface area contributed by atoms with Gasteiger partial charge in [0.1, 0.15) is 0 Å². The highest BCUT2D eigenvalue weighted by molar-refractivity contribution is 5.74. The maximum absolute atomic E-state index is 10.3. The third-order valence-corrected chi connectivity index (χ3v) is 1.73. The Balaban J connectivity index is 3.12. The zero-order chi connectivity index (χ0) is 8.27. The van der Waals surface area contributed by atoms with Gasteiger partial charge in [0, 0.05) is 17.5 Å². The SMILES string of the molecule is CCc1cc(C=O)cnc1C. The van der Waals surface area contributed by atoms with Crippen molar-refractivity contribution in [3.8, 4) is 0 Å². The maximum atomic E-state index is 10.3. The molecule has 58 valence electrons. The van der Waals surface area contributed by atoms with Gasteiger partial charge in [-0.25, -0.2) is 0 Å². The molecule has 0 saturated carbocycles. The average Bonchev–Trinajstić information content (AvgIpc) is 2.05. The molecule has 0 saturated heterocycles. The minimum atomic E-state index is 0.660. The zero-order valence-electron chi connectivity index (χ0n) is 6.79. The van der Waals surface area contributed by atoms with Crippen LogP contribution in [-0.2, 0) is 6.42 Å². The van der Waals surface area contributed by atoms with E-state index >= 15 is 0 Å². The lowest BCUT2D eigenvalue weighted by molar-refractivity contribution is 0.112. The summed E-state index contributed by atoms with van der Waals surface area (Å²) in [4.78, 5) is 14.4. The van der Waals surface area contributed by atoms with Crippen molar-refractivity contribution in [3.63, 3.8) is 0 Å². The summed E-state index contributed by atoms with van der Waals surface area (Å²) in [5.41, 5.74) is 2.82. The molecule has 0 spiro atoms. The molecule has 2 nitrogen and oxygen atoms in total. The summed E-state index contributed by atoms with van der Waals surface area (Å²) in [6.45, 7) is 4.01. The standard InChI is InChI=1S/C9H11NO/c1-3-9-4-8(6-11)5-10-7(9)2/h4-6H,3H2,1-2H3. The van der Waals surface area contributed by atoms with Crippen LogP contribution in [0, 0.1) is 6.92 Å². The van der Waals surface area contributed by atoms with E-state index in [-0.39, 0.29) is 0 Å². The maximum Gasteiger partial charge on any atom is 0.151 e. The smallest absolute Gasteiger partial charge is 0.151 e. The number of nitrogens with zero attached hydrogens (tertiary/aromatic N) is 1. The molecule has 0 aliphatic heterocycles. The number of aldehydes is 1. The Kier molecular flexibility index (Phi) is 2.36. The van der Waals surface area contributed by atoms with Crippen molar-refractivity contribution in [1.82, 2.24) is 4.98 Å². The van der Waals surface area contributed by atoms with Gasteiger partial charge in [-0.05, 0) is 25.0 Å². The fourth-order valence-corrected chi connectivity index (χ4v) is 1.02. The molecule has 1 rings (SSSR count). The van der Waals surface area contributed by atoms with Crippen LogP contribution in [0.5, 0.6) is 0 Å². The first-order valence-corrected chi connectivity index (χ1v) is 3.68. The van der Waals surface area contributed by atoms with E-state index in [9.17, 15) is 4.79 Å². The summed E-state index contributed by atoms with van der Waals surface area (Å²) in [6.07, 6.45) is 3.35. The molecule has 11 heavy (non-hydrogen) atoms. The van der Waals surface area contributed by atoms with E-state index in [4.69, 9.17) is 0 Å². The Labute approximate surface area is 66.3 Å². The normalized spacial score (nSPS) is 9.64. The summed E-state index contributed by atoms with van der Waals surface area (Å²) in [5, 5.41) is 0. The molecule has 0 amide bonds. The molecule has 0 bridgehead atoms. The number of carbonyl (C=O) groups excluding carboxylic acids is 1. The van der Waals surface area contributed by atoms with Crippen LogP contribution in [-0.4, -0.2) is 11.3 Å². The van der Waals surface area contributed by atoms with Gasteiger partial charge in [-0.3, -0.25) is 9.78 Å². The van der Waals surface area contributed by atoms with Crippen LogP contribution < -0.4 is 0 Å². The summed E-state index contributed by atoms with van der Waals surface area (Å²) in [6, 6.07) is 1.88. The van der Waals surface area contributed by atoms with Crippen molar-refractivity contribution in [2.45, 2.75) is 20.3 Å². The molecular weight excluding hydrogens is 138 g/mol. The van der Waals surface area contributed by atoms with Crippen LogP contribution in [0.25, 0.3) is 0 Å². The van der Waals surface area contributed by atoms with E-state index in [0.29, 0.717) is 5.56 Å². The van der Waals surface area contributed by atoms with Gasteiger partial charge in [0.2, 0.25) is 0 Å². The second-order valence-corrected chi connectivity index (χ2v) is 2.48. The number of hydrogen-bond donors (Lipinski definition) is 0. The van der Waals surface area contributed by atoms with Crippen LogP contribution in [0.4, 0.5) is 0 Å². The highest BCUT2D eigenvalue weighted by Crippen LogP contribution is 2.06. The third-order valence-electron chi connectivity index (χ3n) is 1.73. The summed E-state index contributed by atoms with van der Waals surface area (Å²) >= 11 is 0. The van der Waals surface area contributed by atoms with Crippen LogP contribution >= 0.6 is 0 Å². The Bertz CT molecular complexity index is 268. The van der Waals surface area contributed by atoms with Gasteiger partial charge in [-0.15, -0.1) is 0 Å². The minimum absolute atomic E-state index is 0.660. The molecule has 0 atom stereocenters. The van der Waals surface area contributed by atoms with Gasteiger partial charge in [0.15, 0.2) is 6.29 Å². The molecule has 0 radical (unpaired) electrons. The van der Waals surface area contributed by atoms with Crippen LogP contribution in [0.1, 0.15) is 28.5 Å². The van der Waals surface area contributed by atoms with Crippen LogP contribution in [0.15, 0.2) is 12.3 Å². The van der Waals surface area contributed by atoms with Gasteiger partial charge in [0.25, 0.3) is 0 Å². The molecule has 0 unspecified atom stereocenters. The summed E-state index contributed by atoms with van der Waals surface area (Å²) in [7, 11) is 0. The molecule has 0 aliphatic carbocycles. The van der Waals surface area contributed by atoms with E-state index in [1.54, 1.807) is 6.20 Å². The van der Waals surface area contributed by atoms with Gasteiger partial charge >= 0.3 is 0 Å². The second kappa shape index (κ2) is 3.28. The minimum Gasteiger partial charge on any atom is -0.298 e. The van der Waals surface area contributed by atoms with Crippen LogP contribution in [0.3, 0.4) is 0 Å². The average molecular weight is 149 g/mol. The molecule has 0 aromatic carbocycles. The van der Waals surface area contributed by atoms with Gasteiger partial charge < -0.3 is 0 Å². The van der Waals surface area contributed by atoms with Gasteiger partial charge in [-0.2, -0.15) is 0 Å². The van der Waals surface area contributed by atoms with E-state index in [1.807, 2.05) is 13.0 Å². The number of hydrogen-bond acceptors (Lipinski definition) is 2.